The Balaban J connectivity index is 1.86. The van der Waals surface area contributed by atoms with Crippen molar-refractivity contribution in [1.29, 1.82) is 0 Å². The zero-order chi connectivity index (χ0) is 19.4. The first kappa shape index (κ1) is 18.4. The molecule has 0 aromatic heterocycles. The molecule has 1 unspecified atom stereocenters. The molecule has 0 radical (unpaired) electrons. The lowest BCUT2D eigenvalue weighted by Crippen LogP contribution is -2.27. The van der Waals surface area contributed by atoms with Gasteiger partial charge >= 0.3 is 5.97 Å². The minimum absolute atomic E-state index is 0.0446. The molecule has 0 spiro atoms. The van der Waals surface area contributed by atoms with Crippen molar-refractivity contribution in [3.8, 4) is 0 Å². The highest BCUT2D eigenvalue weighted by Gasteiger charge is 2.32. The predicted octanol–water partition coefficient (Wildman–Crippen LogP) is 2.78. The van der Waals surface area contributed by atoms with E-state index in [0.29, 0.717) is 17.8 Å². The average molecular weight is 366 g/mol. The molecule has 7 heteroatoms. The quantitative estimate of drug-likeness (QED) is 0.679. The largest absolute Gasteiger partial charge is 0.481 e. The second kappa shape index (κ2) is 7.90. The van der Waals surface area contributed by atoms with Crippen molar-refractivity contribution in [2.75, 3.05) is 11.5 Å². The summed E-state index contributed by atoms with van der Waals surface area (Å²) < 4.78 is 0. The van der Waals surface area contributed by atoms with E-state index in [9.17, 15) is 9.59 Å². The van der Waals surface area contributed by atoms with Crippen LogP contribution in [-0.2, 0) is 9.59 Å². The highest BCUT2D eigenvalue weighted by Crippen LogP contribution is 2.34. The van der Waals surface area contributed by atoms with E-state index >= 15 is 0 Å². The summed E-state index contributed by atoms with van der Waals surface area (Å²) in [5, 5.41) is 14.8. The van der Waals surface area contributed by atoms with Crippen molar-refractivity contribution >= 4 is 29.0 Å². The van der Waals surface area contributed by atoms with Gasteiger partial charge in [-0.15, -0.1) is 0 Å². The third-order valence-electron chi connectivity index (χ3n) is 4.49. The number of carbonyl (C=O) groups is 2. The number of carboxylic acids is 1. The van der Waals surface area contributed by atoms with Crippen LogP contribution in [-0.4, -0.2) is 27.7 Å². The Bertz CT molecular complexity index is 877. The van der Waals surface area contributed by atoms with Gasteiger partial charge in [-0.2, -0.15) is 5.10 Å². The van der Waals surface area contributed by atoms with E-state index in [4.69, 9.17) is 16.6 Å². The van der Waals surface area contributed by atoms with Crippen LogP contribution in [0, 0.1) is 0 Å². The molecule has 0 fully saturated rings. The number of anilines is 2. The van der Waals surface area contributed by atoms with Gasteiger partial charge in [-0.3, -0.25) is 9.59 Å². The molecule has 1 aliphatic heterocycles. The number of nitrogens with zero attached hydrogens (tertiary/aromatic N) is 2. The van der Waals surface area contributed by atoms with Gasteiger partial charge < -0.3 is 16.6 Å². The maximum absolute atomic E-state index is 12.7. The summed E-state index contributed by atoms with van der Waals surface area (Å²) in [5.74, 6) is -1.11. The molecule has 1 heterocycles. The minimum Gasteiger partial charge on any atom is -0.481 e. The van der Waals surface area contributed by atoms with Crippen LogP contribution >= 0.6 is 0 Å². The lowest BCUT2D eigenvalue weighted by Gasteiger charge is -2.22. The summed E-state index contributed by atoms with van der Waals surface area (Å²) in [6, 6.07) is 14.5. The number of nitrogen functional groups attached to an aromatic ring is 2. The van der Waals surface area contributed by atoms with E-state index in [-0.39, 0.29) is 31.2 Å². The molecular weight excluding hydrogens is 344 g/mol. The van der Waals surface area contributed by atoms with Gasteiger partial charge in [0.15, 0.2) is 0 Å². The maximum atomic E-state index is 12.7. The van der Waals surface area contributed by atoms with Crippen LogP contribution in [0.1, 0.15) is 42.9 Å². The Labute approximate surface area is 157 Å². The van der Waals surface area contributed by atoms with Crippen molar-refractivity contribution in [3.05, 3.63) is 59.7 Å². The SMILES string of the molecule is Nc1ccc(C2=NN(C(=O)CCCC(=O)O)C(c3cccc(N)c3)C2)cc1. The highest BCUT2D eigenvalue weighted by atomic mass is 16.4. The summed E-state index contributed by atoms with van der Waals surface area (Å²) in [6.07, 6.45) is 0.916. The molecule has 0 bridgehead atoms. The van der Waals surface area contributed by atoms with Gasteiger partial charge in [-0.25, -0.2) is 5.01 Å². The molecule has 1 aliphatic rings. The molecule has 2 aromatic rings. The molecule has 7 nitrogen and oxygen atoms in total. The zero-order valence-electron chi connectivity index (χ0n) is 14.8. The lowest BCUT2D eigenvalue weighted by molar-refractivity contribution is -0.137. The van der Waals surface area contributed by atoms with E-state index < -0.39 is 5.97 Å². The molecule has 2 aromatic carbocycles. The molecule has 0 aliphatic carbocycles. The molecule has 5 N–H and O–H groups in total. The minimum atomic E-state index is -0.914. The second-order valence-electron chi connectivity index (χ2n) is 6.54. The van der Waals surface area contributed by atoms with E-state index in [1.807, 2.05) is 30.3 Å². The standard InChI is InChI=1S/C20H22N4O3/c21-15-9-7-13(8-10-15)17-12-18(14-3-1-4-16(22)11-14)24(23-17)19(25)5-2-6-20(26)27/h1,3-4,7-11,18H,2,5-6,12,21-22H2,(H,26,27). The van der Waals surface area contributed by atoms with Gasteiger partial charge in [-0.05, 0) is 41.8 Å². The summed E-state index contributed by atoms with van der Waals surface area (Å²) in [4.78, 5) is 23.4. The number of hydrazone groups is 1. The maximum Gasteiger partial charge on any atom is 0.303 e. The summed E-state index contributed by atoms with van der Waals surface area (Å²) in [6.45, 7) is 0. The van der Waals surface area contributed by atoms with Crippen LogP contribution in [0.25, 0.3) is 0 Å². The first-order valence-electron chi connectivity index (χ1n) is 8.76. The van der Waals surface area contributed by atoms with Crippen molar-refractivity contribution in [3.63, 3.8) is 0 Å². The molecule has 0 saturated carbocycles. The number of carboxylic acid groups (broad SMARTS) is 1. The van der Waals surface area contributed by atoms with Crippen LogP contribution in [0.15, 0.2) is 53.6 Å². The Morgan fingerprint density at radius 3 is 2.48 bits per heavy atom. The molecule has 140 valence electrons. The first-order chi connectivity index (χ1) is 12.9. The van der Waals surface area contributed by atoms with Crippen molar-refractivity contribution in [2.45, 2.75) is 31.7 Å². The third kappa shape index (κ3) is 4.44. The van der Waals surface area contributed by atoms with Crippen molar-refractivity contribution < 1.29 is 14.7 Å². The highest BCUT2D eigenvalue weighted by molar-refractivity contribution is 6.03. The second-order valence-corrected chi connectivity index (χ2v) is 6.54. The van der Waals surface area contributed by atoms with Gasteiger partial charge in [0.25, 0.3) is 0 Å². The van der Waals surface area contributed by atoms with Crippen LogP contribution in [0.5, 0.6) is 0 Å². The average Bonchev–Trinajstić information content (AvgIpc) is 3.07. The number of amides is 1. The van der Waals surface area contributed by atoms with Crippen molar-refractivity contribution in [1.82, 2.24) is 5.01 Å². The predicted molar refractivity (Wildman–Crippen MR) is 104 cm³/mol. The lowest BCUT2D eigenvalue weighted by atomic mass is 9.97. The topological polar surface area (TPSA) is 122 Å². The Morgan fingerprint density at radius 2 is 1.81 bits per heavy atom. The van der Waals surface area contributed by atoms with Gasteiger partial charge in [0.1, 0.15) is 0 Å². The van der Waals surface area contributed by atoms with Gasteiger partial charge in [0.05, 0.1) is 11.8 Å². The van der Waals surface area contributed by atoms with Crippen LogP contribution in [0.2, 0.25) is 0 Å². The number of hydrogen-bond acceptors (Lipinski definition) is 5. The number of aliphatic carboxylic acids is 1. The number of hydrogen-bond donors (Lipinski definition) is 3. The number of nitrogens with two attached hydrogens (primary N) is 2. The third-order valence-corrected chi connectivity index (χ3v) is 4.49. The molecular formula is C20H22N4O3. The molecule has 3 rings (SSSR count). The zero-order valence-corrected chi connectivity index (χ0v) is 14.8. The van der Waals surface area contributed by atoms with Gasteiger partial charge in [-0.1, -0.05) is 24.3 Å². The molecule has 0 saturated heterocycles. The monoisotopic (exact) mass is 366 g/mol. The van der Waals surface area contributed by atoms with E-state index in [2.05, 4.69) is 5.10 Å². The fourth-order valence-electron chi connectivity index (χ4n) is 3.12. The number of benzene rings is 2. The first-order valence-corrected chi connectivity index (χ1v) is 8.76. The van der Waals surface area contributed by atoms with E-state index in [0.717, 1.165) is 16.8 Å². The van der Waals surface area contributed by atoms with E-state index in [1.54, 1.807) is 18.2 Å². The number of carbonyl (C=O) groups excluding carboxylic acids is 1. The van der Waals surface area contributed by atoms with Gasteiger partial charge in [0.2, 0.25) is 5.91 Å². The van der Waals surface area contributed by atoms with Crippen LogP contribution < -0.4 is 11.5 Å². The normalized spacial score (nSPS) is 16.2. The van der Waals surface area contributed by atoms with Crippen molar-refractivity contribution in [2.24, 2.45) is 5.10 Å². The summed E-state index contributed by atoms with van der Waals surface area (Å²) in [5.41, 5.74) is 15.5. The fraction of sp³-hybridized carbons (Fsp3) is 0.250. The number of rotatable bonds is 6. The Kier molecular flexibility index (Phi) is 5.40. The smallest absolute Gasteiger partial charge is 0.303 e. The summed E-state index contributed by atoms with van der Waals surface area (Å²) >= 11 is 0. The van der Waals surface area contributed by atoms with E-state index in [1.165, 1.54) is 5.01 Å². The van der Waals surface area contributed by atoms with Crippen LogP contribution in [0.3, 0.4) is 0 Å². The fourth-order valence-corrected chi connectivity index (χ4v) is 3.12. The Hall–Kier alpha value is -3.35. The molecule has 1 amide bonds. The Morgan fingerprint density at radius 1 is 1.07 bits per heavy atom. The molecule has 1 atom stereocenters. The molecule has 27 heavy (non-hydrogen) atoms. The van der Waals surface area contributed by atoms with Gasteiger partial charge in [0, 0.05) is 30.6 Å². The van der Waals surface area contributed by atoms with Crippen LogP contribution in [0.4, 0.5) is 11.4 Å². The summed E-state index contributed by atoms with van der Waals surface area (Å²) in [7, 11) is 0.